The molecule has 1 aromatic heterocycles. The maximum Gasteiger partial charge on any atom is 0.251 e. The van der Waals surface area contributed by atoms with Crippen molar-refractivity contribution in [3.8, 4) is 17.1 Å². The highest BCUT2D eigenvalue weighted by Gasteiger charge is 2.05. The van der Waals surface area contributed by atoms with Crippen LogP contribution in [-0.4, -0.2) is 29.3 Å². The molecule has 1 amide bonds. The number of carbonyl (C=O) groups excluding carboxylic acids is 1. The smallest absolute Gasteiger partial charge is 0.251 e. The number of nitrogens with zero attached hydrogens (tertiary/aromatic N) is 2. The van der Waals surface area contributed by atoms with Gasteiger partial charge in [0.1, 0.15) is 12.4 Å². The maximum absolute atomic E-state index is 12.9. The molecule has 132 valence electrons. The van der Waals surface area contributed by atoms with Crippen LogP contribution in [0.2, 0.25) is 0 Å². The molecule has 0 unspecified atom stereocenters. The van der Waals surface area contributed by atoms with Gasteiger partial charge in [-0.1, -0.05) is 15.9 Å². The summed E-state index contributed by atoms with van der Waals surface area (Å²) in [6.07, 6.45) is 0. The molecule has 0 spiro atoms. The normalized spacial score (nSPS) is 10.4. The van der Waals surface area contributed by atoms with Crippen molar-refractivity contribution in [2.24, 2.45) is 0 Å². The Bertz CT molecular complexity index is 869. The third kappa shape index (κ3) is 4.86. The molecule has 5 nitrogen and oxygen atoms in total. The fourth-order valence-corrected chi connectivity index (χ4v) is 2.46. The molecule has 0 aliphatic carbocycles. The highest BCUT2D eigenvalue weighted by molar-refractivity contribution is 9.10. The summed E-state index contributed by atoms with van der Waals surface area (Å²) in [5, 5.41) is 10.8. The lowest BCUT2D eigenvalue weighted by molar-refractivity contribution is 0.0946. The van der Waals surface area contributed by atoms with Crippen LogP contribution in [0.25, 0.3) is 11.3 Å². The average Bonchev–Trinajstić information content (AvgIpc) is 2.67. The molecule has 1 heterocycles. The van der Waals surface area contributed by atoms with Gasteiger partial charge in [0.2, 0.25) is 5.88 Å². The molecule has 3 rings (SSSR count). The van der Waals surface area contributed by atoms with Gasteiger partial charge >= 0.3 is 0 Å². The van der Waals surface area contributed by atoms with Crippen LogP contribution in [0, 0.1) is 5.82 Å². The van der Waals surface area contributed by atoms with E-state index in [0.29, 0.717) is 23.7 Å². The van der Waals surface area contributed by atoms with E-state index >= 15 is 0 Å². The van der Waals surface area contributed by atoms with Crippen LogP contribution in [-0.2, 0) is 0 Å². The number of amides is 1. The molecule has 7 heteroatoms. The minimum Gasteiger partial charge on any atom is -0.475 e. The number of aromatic nitrogens is 2. The first kappa shape index (κ1) is 18.0. The molecule has 1 N–H and O–H groups in total. The van der Waals surface area contributed by atoms with Gasteiger partial charge in [0.05, 0.1) is 12.2 Å². The quantitative estimate of drug-likeness (QED) is 0.620. The summed E-state index contributed by atoms with van der Waals surface area (Å²) in [5.74, 6) is -0.112. The Morgan fingerprint density at radius 1 is 1.00 bits per heavy atom. The maximum atomic E-state index is 12.9. The Balaban J connectivity index is 1.47. The van der Waals surface area contributed by atoms with Crippen molar-refractivity contribution in [1.82, 2.24) is 15.5 Å². The lowest BCUT2D eigenvalue weighted by Crippen LogP contribution is -2.28. The van der Waals surface area contributed by atoms with Crippen molar-refractivity contribution in [1.29, 1.82) is 0 Å². The predicted molar refractivity (Wildman–Crippen MR) is 99.4 cm³/mol. The number of halogens is 2. The molecule has 0 saturated carbocycles. The molecule has 0 aliphatic rings. The second-order valence-corrected chi connectivity index (χ2v) is 6.29. The first-order chi connectivity index (χ1) is 12.6. The van der Waals surface area contributed by atoms with E-state index in [1.54, 1.807) is 36.4 Å². The van der Waals surface area contributed by atoms with Crippen molar-refractivity contribution < 1.29 is 13.9 Å². The van der Waals surface area contributed by atoms with E-state index in [1.807, 2.05) is 12.1 Å². The van der Waals surface area contributed by atoms with Crippen LogP contribution >= 0.6 is 15.9 Å². The van der Waals surface area contributed by atoms with E-state index in [-0.39, 0.29) is 18.3 Å². The first-order valence-electron chi connectivity index (χ1n) is 7.88. The number of nitrogens with one attached hydrogen (secondary N) is 1. The van der Waals surface area contributed by atoms with Crippen LogP contribution in [0.15, 0.2) is 65.1 Å². The van der Waals surface area contributed by atoms with Gasteiger partial charge in [-0.25, -0.2) is 4.39 Å². The summed E-state index contributed by atoms with van der Waals surface area (Å²) in [6.45, 7) is 0.614. The van der Waals surface area contributed by atoms with E-state index in [2.05, 4.69) is 31.4 Å². The van der Waals surface area contributed by atoms with Crippen LogP contribution in [0.1, 0.15) is 10.4 Å². The standard InChI is InChI=1S/C19H15BrFN3O2/c20-15-5-1-14(2-6-15)19(25)22-11-12-26-18-10-9-17(23-24-18)13-3-7-16(21)8-4-13/h1-10H,11-12H2,(H,22,25). The fourth-order valence-electron chi connectivity index (χ4n) is 2.20. The van der Waals surface area contributed by atoms with E-state index in [9.17, 15) is 9.18 Å². The number of carbonyl (C=O) groups is 1. The molecule has 0 atom stereocenters. The monoisotopic (exact) mass is 415 g/mol. The van der Waals surface area contributed by atoms with Crippen molar-refractivity contribution in [2.75, 3.05) is 13.2 Å². The molecule has 0 fully saturated rings. The molecule has 26 heavy (non-hydrogen) atoms. The van der Waals surface area contributed by atoms with Crippen molar-refractivity contribution in [2.45, 2.75) is 0 Å². The zero-order valence-electron chi connectivity index (χ0n) is 13.7. The number of benzene rings is 2. The summed E-state index contributed by atoms with van der Waals surface area (Å²) < 4.78 is 19.3. The molecule has 3 aromatic rings. The SMILES string of the molecule is O=C(NCCOc1ccc(-c2ccc(F)cc2)nn1)c1ccc(Br)cc1. The van der Waals surface area contributed by atoms with Crippen molar-refractivity contribution >= 4 is 21.8 Å². The number of hydrogen-bond acceptors (Lipinski definition) is 4. The van der Waals surface area contributed by atoms with Gasteiger partial charge in [0.15, 0.2) is 0 Å². The Morgan fingerprint density at radius 2 is 1.73 bits per heavy atom. The van der Waals surface area contributed by atoms with Crippen LogP contribution < -0.4 is 10.1 Å². The third-order valence-corrected chi connectivity index (χ3v) is 4.05. The number of ether oxygens (including phenoxy) is 1. The number of hydrogen-bond donors (Lipinski definition) is 1. The largest absolute Gasteiger partial charge is 0.475 e. The Labute approximate surface area is 158 Å². The molecule has 2 aromatic carbocycles. The average molecular weight is 416 g/mol. The summed E-state index contributed by atoms with van der Waals surface area (Å²) in [7, 11) is 0. The van der Waals surface area contributed by atoms with Crippen LogP contribution in [0.5, 0.6) is 5.88 Å². The number of rotatable bonds is 6. The topological polar surface area (TPSA) is 64.1 Å². The van der Waals surface area contributed by atoms with Gasteiger partial charge in [-0.3, -0.25) is 4.79 Å². The fraction of sp³-hybridized carbons (Fsp3) is 0.105. The van der Waals surface area contributed by atoms with Crippen LogP contribution in [0.4, 0.5) is 4.39 Å². The Kier molecular flexibility index (Phi) is 5.91. The van der Waals surface area contributed by atoms with E-state index in [0.717, 1.165) is 10.0 Å². The highest BCUT2D eigenvalue weighted by atomic mass is 79.9. The zero-order chi connectivity index (χ0) is 18.4. The molecular formula is C19H15BrFN3O2. The lowest BCUT2D eigenvalue weighted by atomic mass is 10.1. The summed E-state index contributed by atoms with van der Waals surface area (Å²) in [5.41, 5.74) is 1.98. The second kappa shape index (κ2) is 8.53. The molecule has 0 radical (unpaired) electrons. The minimum atomic E-state index is -0.299. The predicted octanol–water partition coefficient (Wildman–Crippen LogP) is 3.85. The van der Waals surface area contributed by atoms with Gasteiger partial charge < -0.3 is 10.1 Å². The van der Waals surface area contributed by atoms with Crippen LogP contribution in [0.3, 0.4) is 0 Å². The first-order valence-corrected chi connectivity index (χ1v) is 8.67. The Hall–Kier alpha value is -2.80. The summed E-state index contributed by atoms with van der Waals surface area (Å²) in [6, 6.07) is 16.5. The molecule has 0 saturated heterocycles. The third-order valence-electron chi connectivity index (χ3n) is 3.52. The van der Waals surface area contributed by atoms with Gasteiger partial charge in [0, 0.05) is 21.7 Å². The lowest BCUT2D eigenvalue weighted by Gasteiger charge is -2.07. The van der Waals surface area contributed by atoms with Gasteiger partial charge in [-0.2, -0.15) is 0 Å². The van der Waals surface area contributed by atoms with Crippen molar-refractivity contribution in [3.63, 3.8) is 0 Å². The van der Waals surface area contributed by atoms with E-state index < -0.39 is 0 Å². The minimum absolute atomic E-state index is 0.168. The van der Waals surface area contributed by atoms with E-state index in [4.69, 9.17) is 4.74 Å². The van der Waals surface area contributed by atoms with Crippen molar-refractivity contribution in [3.05, 3.63) is 76.5 Å². The zero-order valence-corrected chi connectivity index (χ0v) is 15.2. The summed E-state index contributed by atoms with van der Waals surface area (Å²) >= 11 is 3.33. The highest BCUT2D eigenvalue weighted by Crippen LogP contribution is 2.18. The molecule has 0 aliphatic heterocycles. The second-order valence-electron chi connectivity index (χ2n) is 5.37. The van der Waals surface area contributed by atoms with E-state index in [1.165, 1.54) is 12.1 Å². The molecule has 0 bridgehead atoms. The van der Waals surface area contributed by atoms with Gasteiger partial charge in [-0.15, -0.1) is 10.2 Å². The Morgan fingerprint density at radius 3 is 2.38 bits per heavy atom. The summed E-state index contributed by atoms with van der Waals surface area (Å²) in [4.78, 5) is 12.0. The van der Waals surface area contributed by atoms with Gasteiger partial charge in [0.25, 0.3) is 5.91 Å². The molecular weight excluding hydrogens is 401 g/mol. The van der Waals surface area contributed by atoms with Gasteiger partial charge in [-0.05, 0) is 54.6 Å².